The Bertz CT molecular complexity index is 1080. The van der Waals surface area contributed by atoms with Crippen molar-refractivity contribution in [3.05, 3.63) is 75.6 Å². The van der Waals surface area contributed by atoms with E-state index in [0.29, 0.717) is 18.1 Å². The molecule has 140 valence electrons. The van der Waals surface area contributed by atoms with Gasteiger partial charge >= 0.3 is 0 Å². The Kier molecular flexibility index (Phi) is 4.80. The molecule has 6 nitrogen and oxygen atoms in total. The molecule has 0 radical (unpaired) electrons. The van der Waals surface area contributed by atoms with Gasteiger partial charge in [0.2, 0.25) is 11.8 Å². The van der Waals surface area contributed by atoms with E-state index in [1.807, 2.05) is 55.5 Å². The van der Waals surface area contributed by atoms with Gasteiger partial charge in [0.05, 0.1) is 23.8 Å². The lowest BCUT2D eigenvalue weighted by Crippen LogP contribution is -2.20. The summed E-state index contributed by atoms with van der Waals surface area (Å²) in [4.78, 5) is 0. The Morgan fingerprint density at radius 1 is 1.21 bits per heavy atom. The third kappa shape index (κ3) is 3.12. The molecule has 0 spiro atoms. The van der Waals surface area contributed by atoms with E-state index in [-0.39, 0.29) is 11.8 Å². The largest absolute Gasteiger partial charge is 0.494 e. The number of nitriles is 1. The Morgan fingerprint density at radius 2 is 1.93 bits per heavy atom. The van der Waals surface area contributed by atoms with Crippen molar-refractivity contribution in [2.45, 2.75) is 12.8 Å². The van der Waals surface area contributed by atoms with Gasteiger partial charge in [-0.15, -0.1) is 5.10 Å². The summed E-state index contributed by atoms with van der Waals surface area (Å²) in [6, 6.07) is 17.7. The van der Waals surface area contributed by atoms with E-state index in [4.69, 9.17) is 15.2 Å². The quantitative estimate of drug-likeness (QED) is 0.629. The lowest BCUT2D eigenvalue weighted by Gasteiger charge is -2.24. The average Bonchev–Trinajstić information content (AvgIpc) is 3.12. The molecule has 0 bridgehead atoms. The van der Waals surface area contributed by atoms with Crippen molar-refractivity contribution in [3.63, 3.8) is 0 Å². The first kappa shape index (κ1) is 18.1. The minimum Gasteiger partial charge on any atom is -0.494 e. The highest BCUT2D eigenvalue weighted by Crippen LogP contribution is 2.45. The molecule has 4 rings (SSSR count). The summed E-state index contributed by atoms with van der Waals surface area (Å²) >= 11 is 3.45. The molecule has 1 aromatic heterocycles. The number of halogens is 1. The molecule has 0 aliphatic carbocycles. The molecule has 1 unspecified atom stereocenters. The summed E-state index contributed by atoms with van der Waals surface area (Å²) < 4.78 is 12.1. The molecular weight excluding hydrogens is 420 g/mol. The third-order valence-electron chi connectivity index (χ3n) is 4.60. The fourth-order valence-electron chi connectivity index (χ4n) is 3.34. The van der Waals surface area contributed by atoms with E-state index in [9.17, 15) is 5.26 Å². The highest BCUT2D eigenvalue weighted by molar-refractivity contribution is 9.10. The summed E-state index contributed by atoms with van der Waals surface area (Å²) in [5.74, 6) is 0.880. The number of ether oxygens (including phenoxy) is 2. The number of aromatic nitrogens is 2. The van der Waals surface area contributed by atoms with Crippen molar-refractivity contribution >= 4 is 15.9 Å². The number of nitrogens with one attached hydrogen (secondary N) is 1. The molecule has 0 amide bonds. The minimum absolute atomic E-state index is 0.0765. The predicted octanol–water partition coefficient (Wildman–Crippen LogP) is 4.46. The average molecular weight is 437 g/mol. The number of H-pyrrole nitrogens is 1. The van der Waals surface area contributed by atoms with Gasteiger partial charge < -0.3 is 15.2 Å². The highest BCUT2D eigenvalue weighted by Gasteiger charge is 2.35. The first-order valence-electron chi connectivity index (χ1n) is 8.77. The number of fused-ring (bicyclic) bond motifs is 1. The lowest BCUT2D eigenvalue weighted by molar-refractivity contribution is 0.340. The van der Waals surface area contributed by atoms with Crippen LogP contribution in [0.4, 0.5) is 0 Å². The first-order valence-corrected chi connectivity index (χ1v) is 9.56. The standard InChI is InChI=1S/C21H17BrN4O2/c1-2-27-15-9-5-13(6-10-15)19-18-17(12-3-7-14(22)8-4-12)16(11-23)20(24)28-21(18)26-25-19/h3-10,17H,2,24H2,1H3,(H,25,26). The second-order valence-electron chi connectivity index (χ2n) is 6.25. The number of nitrogens with zero attached hydrogens (tertiary/aromatic N) is 2. The van der Waals surface area contributed by atoms with Gasteiger partial charge in [0, 0.05) is 10.0 Å². The summed E-state index contributed by atoms with van der Waals surface area (Å²) in [7, 11) is 0. The van der Waals surface area contributed by atoms with Gasteiger partial charge in [0.1, 0.15) is 17.4 Å². The molecule has 2 heterocycles. The van der Waals surface area contributed by atoms with Crippen LogP contribution >= 0.6 is 15.9 Å². The molecule has 3 aromatic rings. The lowest BCUT2D eigenvalue weighted by atomic mass is 9.83. The van der Waals surface area contributed by atoms with Crippen LogP contribution in [-0.4, -0.2) is 16.8 Å². The monoisotopic (exact) mass is 436 g/mol. The maximum absolute atomic E-state index is 9.74. The molecule has 1 aliphatic rings. The van der Waals surface area contributed by atoms with Crippen molar-refractivity contribution in [1.82, 2.24) is 10.2 Å². The molecule has 1 atom stereocenters. The Labute approximate surface area is 170 Å². The maximum Gasteiger partial charge on any atom is 0.244 e. The Hall–Kier alpha value is -3.24. The van der Waals surface area contributed by atoms with E-state index >= 15 is 0 Å². The first-order chi connectivity index (χ1) is 13.6. The van der Waals surface area contributed by atoms with Crippen LogP contribution in [0.3, 0.4) is 0 Å². The normalized spacial score (nSPS) is 15.5. The van der Waals surface area contributed by atoms with Crippen LogP contribution in [0.5, 0.6) is 11.6 Å². The van der Waals surface area contributed by atoms with E-state index in [0.717, 1.165) is 32.6 Å². The van der Waals surface area contributed by atoms with E-state index in [2.05, 4.69) is 32.2 Å². The second-order valence-corrected chi connectivity index (χ2v) is 7.17. The zero-order chi connectivity index (χ0) is 19.7. The van der Waals surface area contributed by atoms with Crippen molar-refractivity contribution in [2.75, 3.05) is 6.61 Å². The van der Waals surface area contributed by atoms with Gasteiger partial charge in [-0.3, -0.25) is 5.10 Å². The van der Waals surface area contributed by atoms with Gasteiger partial charge in [0.25, 0.3) is 0 Å². The number of allylic oxidation sites excluding steroid dienone is 1. The van der Waals surface area contributed by atoms with E-state index in [1.165, 1.54) is 0 Å². The zero-order valence-electron chi connectivity index (χ0n) is 15.1. The molecule has 7 heteroatoms. The topological polar surface area (TPSA) is 97.0 Å². The van der Waals surface area contributed by atoms with E-state index in [1.54, 1.807) is 0 Å². The van der Waals surface area contributed by atoms with Gasteiger partial charge in [-0.05, 0) is 48.9 Å². The van der Waals surface area contributed by atoms with Gasteiger partial charge in [-0.2, -0.15) is 5.26 Å². The smallest absolute Gasteiger partial charge is 0.244 e. The molecule has 28 heavy (non-hydrogen) atoms. The number of hydrogen-bond acceptors (Lipinski definition) is 5. The van der Waals surface area contributed by atoms with Crippen LogP contribution < -0.4 is 15.2 Å². The van der Waals surface area contributed by atoms with Crippen LogP contribution in [0.1, 0.15) is 24.0 Å². The molecule has 2 aromatic carbocycles. The Morgan fingerprint density at radius 3 is 2.57 bits per heavy atom. The van der Waals surface area contributed by atoms with Crippen LogP contribution in [0.15, 0.2) is 64.5 Å². The fourth-order valence-corrected chi connectivity index (χ4v) is 3.60. The number of nitrogens with two attached hydrogens (primary N) is 1. The molecule has 0 saturated heterocycles. The number of rotatable bonds is 4. The molecule has 3 N–H and O–H groups in total. The SMILES string of the molecule is CCOc1ccc(-c2[nH]nc3c2C(c2ccc(Br)cc2)C(C#N)=C(N)O3)cc1. The molecule has 1 aliphatic heterocycles. The molecule has 0 fully saturated rings. The van der Waals surface area contributed by atoms with Crippen molar-refractivity contribution < 1.29 is 9.47 Å². The van der Waals surface area contributed by atoms with Crippen molar-refractivity contribution in [1.29, 1.82) is 5.26 Å². The van der Waals surface area contributed by atoms with Crippen LogP contribution in [-0.2, 0) is 0 Å². The van der Waals surface area contributed by atoms with E-state index < -0.39 is 0 Å². The van der Waals surface area contributed by atoms with Crippen LogP contribution in [0.2, 0.25) is 0 Å². The summed E-state index contributed by atoms with van der Waals surface area (Å²) in [5, 5.41) is 17.1. The number of aromatic amines is 1. The van der Waals surface area contributed by atoms with Crippen molar-refractivity contribution in [2.24, 2.45) is 5.73 Å². The molecular formula is C21H17BrN4O2. The van der Waals surface area contributed by atoms with Crippen LogP contribution in [0.25, 0.3) is 11.3 Å². The van der Waals surface area contributed by atoms with Gasteiger partial charge in [-0.1, -0.05) is 28.1 Å². The van der Waals surface area contributed by atoms with Crippen molar-refractivity contribution in [3.8, 4) is 29.0 Å². The van der Waals surface area contributed by atoms with Gasteiger partial charge in [-0.25, -0.2) is 0 Å². The summed E-state index contributed by atoms with van der Waals surface area (Å²) in [6.45, 7) is 2.55. The second kappa shape index (κ2) is 7.41. The zero-order valence-corrected chi connectivity index (χ0v) is 16.7. The summed E-state index contributed by atoms with van der Waals surface area (Å²) in [6.07, 6.45) is 0. The molecule has 0 saturated carbocycles. The number of benzene rings is 2. The van der Waals surface area contributed by atoms with Gasteiger partial charge in [0.15, 0.2) is 0 Å². The minimum atomic E-state index is -0.373. The fraction of sp³-hybridized carbons (Fsp3) is 0.143. The maximum atomic E-state index is 9.74. The third-order valence-corrected chi connectivity index (χ3v) is 5.12. The Balaban J connectivity index is 1.85. The predicted molar refractivity (Wildman–Crippen MR) is 109 cm³/mol. The number of hydrogen-bond donors (Lipinski definition) is 2. The summed E-state index contributed by atoms with van der Waals surface area (Å²) in [5.41, 5.74) is 9.80. The highest BCUT2D eigenvalue weighted by atomic mass is 79.9. The van der Waals surface area contributed by atoms with Crippen LogP contribution in [0, 0.1) is 11.3 Å².